The van der Waals surface area contributed by atoms with Gasteiger partial charge in [0.05, 0.1) is 29.2 Å². The van der Waals surface area contributed by atoms with E-state index in [0.29, 0.717) is 36.7 Å². The Morgan fingerprint density at radius 3 is 2.90 bits per heavy atom. The van der Waals surface area contributed by atoms with Crippen molar-refractivity contribution in [2.24, 2.45) is 0 Å². The first-order valence-electron chi connectivity index (χ1n) is 10.2. The number of aromatic nitrogens is 4. The number of rotatable bonds is 7. The monoisotopic (exact) mass is 419 g/mol. The first kappa shape index (κ1) is 20.8. The van der Waals surface area contributed by atoms with Crippen LogP contribution in [-0.2, 0) is 12.0 Å². The zero-order chi connectivity index (χ0) is 22.0. The summed E-state index contributed by atoms with van der Waals surface area (Å²) in [7, 11) is 0. The quantitative estimate of drug-likeness (QED) is 0.459. The van der Waals surface area contributed by atoms with Gasteiger partial charge in [0.1, 0.15) is 11.9 Å². The van der Waals surface area contributed by atoms with Crippen LogP contribution in [0.4, 0.5) is 17.5 Å². The van der Waals surface area contributed by atoms with Crippen LogP contribution in [0.3, 0.4) is 0 Å². The lowest BCUT2D eigenvalue weighted by Gasteiger charge is -2.21. The van der Waals surface area contributed by atoms with E-state index in [1.807, 2.05) is 26.0 Å². The van der Waals surface area contributed by atoms with Gasteiger partial charge in [-0.1, -0.05) is 6.92 Å². The lowest BCUT2D eigenvalue weighted by molar-refractivity contribution is 0.219. The molecule has 4 rings (SSSR count). The number of aryl methyl sites for hydroxylation is 2. The maximum Gasteiger partial charge on any atom is 0.228 e. The van der Waals surface area contributed by atoms with E-state index in [0.717, 1.165) is 28.3 Å². The van der Waals surface area contributed by atoms with Crippen molar-refractivity contribution < 1.29 is 10.2 Å². The van der Waals surface area contributed by atoms with Crippen LogP contribution in [0.1, 0.15) is 30.2 Å². The number of nitrogens with zero attached hydrogens (tertiary/aromatic N) is 5. The highest BCUT2D eigenvalue weighted by Crippen LogP contribution is 2.41. The highest BCUT2D eigenvalue weighted by Gasteiger charge is 2.35. The zero-order valence-corrected chi connectivity index (χ0v) is 17.6. The molecular formula is C22H25N7O2. The van der Waals surface area contributed by atoms with Gasteiger partial charge in [-0.05, 0) is 37.1 Å². The molecule has 1 aliphatic rings. The molecule has 160 valence electrons. The van der Waals surface area contributed by atoms with Gasteiger partial charge >= 0.3 is 0 Å². The van der Waals surface area contributed by atoms with Gasteiger partial charge in [-0.3, -0.25) is 0 Å². The summed E-state index contributed by atoms with van der Waals surface area (Å²) >= 11 is 0. The smallest absolute Gasteiger partial charge is 0.228 e. The van der Waals surface area contributed by atoms with E-state index in [-0.39, 0.29) is 13.2 Å². The number of nitrogens with one attached hydrogen (secondary N) is 2. The third kappa shape index (κ3) is 3.95. The fraction of sp³-hybridized carbons (Fsp3) is 0.364. The van der Waals surface area contributed by atoms with Gasteiger partial charge in [0, 0.05) is 42.9 Å². The van der Waals surface area contributed by atoms with E-state index in [1.54, 1.807) is 23.0 Å². The van der Waals surface area contributed by atoms with Crippen LogP contribution in [0, 0.1) is 18.3 Å². The summed E-state index contributed by atoms with van der Waals surface area (Å²) < 4.78 is 1.78. The van der Waals surface area contributed by atoms with E-state index < -0.39 is 5.41 Å². The normalized spacial score (nSPS) is 17.1. The predicted molar refractivity (Wildman–Crippen MR) is 117 cm³/mol. The standard InChI is InChI=1S/C22H25N7O2/c1-14-8-19(29(28-14)6-3-7-30)27-21-24-5-4-18(26-21)15-9-16(11-23)20-17(10-15)22(2,13-31)12-25-20/h4-5,8-10,25,30-31H,3,6-7,12-13H2,1-2H3,(H,24,26,27). The van der Waals surface area contributed by atoms with Gasteiger partial charge < -0.3 is 20.8 Å². The Morgan fingerprint density at radius 1 is 1.32 bits per heavy atom. The highest BCUT2D eigenvalue weighted by molar-refractivity contribution is 5.76. The summed E-state index contributed by atoms with van der Waals surface area (Å²) in [5, 5.41) is 39.6. The minimum atomic E-state index is -0.457. The number of anilines is 3. The van der Waals surface area contributed by atoms with Crippen LogP contribution < -0.4 is 10.6 Å². The van der Waals surface area contributed by atoms with E-state index >= 15 is 0 Å². The van der Waals surface area contributed by atoms with E-state index in [1.165, 1.54) is 0 Å². The molecule has 0 bridgehead atoms. The van der Waals surface area contributed by atoms with Gasteiger partial charge in [0.25, 0.3) is 0 Å². The minimum absolute atomic E-state index is 0.0188. The highest BCUT2D eigenvalue weighted by atomic mass is 16.3. The molecule has 3 heterocycles. The van der Waals surface area contributed by atoms with Crippen molar-refractivity contribution in [3.05, 3.63) is 47.3 Å². The molecule has 0 fully saturated rings. The van der Waals surface area contributed by atoms with Crippen LogP contribution >= 0.6 is 0 Å². The Morgan fingerprint density at radius 2 is 2.16 bits per heavy atom. The maximum atomic E-state index is 9.91. The molecule has 31 heavy (non-hydrogen) atoms. The summed E-state index contributed by atoms with van der Waals surface area (Å²) in [4.78, 5) is 8.96. The third-order valence-corrected chi connectivity index (χ3v) is 5.53. The second kappa shape index (κ2) is 8.34. The van der Waals surface area contributed by atoms with Crippen LogP contribution in [0.15, 0.2) is 30.5 Å². The van der Waals surface area contributed by atoms with E-state index in [4.69, 9.17) is 5.11 Å². The number of aliphatic hydroxyl groups excluding tert-OH is 2. The first-order chi connectivity index (χ1) is 15.0. The van der Waals surface area contributed by atoms with Crippen molar-refractivity contribution in [3.63, 3.8) is 0 Å². The van der Waals surface area contributed by atoms with Crippen molar-refractivity contribution in [2.45, 2.75) is 32.2 Å². The largest absolute Gasteiger partial charge is 0.396 e. The first-order valence-corrected chi connectivity index (χ1v) is 10.2. The van der Waals surface area contributed by atoms with Crippen LogP contribution in [0.2, 0.25) is 0 Å². The maximum absolute atomic E-state index is 9.91. The number of nitriles is 1. The SMILES string of the molecule is Cc1cc(Nc2nccc(-c3cc(C#N)c4c(c3)C(C)(CO)CN4)n2)n(CCCO)n1. The molecule has 9 heteroatoms. The lowest BCUT2D eigenvalue weighted by Crippen LogP contribution is -2.28. The van der Waals surface area contributed by atoms with Crippen molar-refractivity contribution in [2.75, 3.05) is 30.4 Å². The van der Waals surface area contributed by atoms with Crippen molar-refractivity contribution in [1.29, 1.82) is 5.26 Å². The molecule has 0 saturated carbocycles. The van der Waals surface area contributed by atoms with Gasteiger partial charge in [0.2, 0.25) is 5.95 Å². The number of hydrogen-bond donors (Lipinski definition) is 4. The number of aliphatic hydroxyl groups is 2. The molecule has 0 spiro atoms. The molecular weight excluding hydrogens is 394 g/mol. The van der Waals surface area contributed by atoms with Gasteiger partial charge in [-0.2, -0.15) is 10.4 Å². The second-order valence-corrected chi connectivity index (χ2v) is 7.99. The van der Waals surface area contributed by atoms with Gasteiger partial charge in [-0.25, -0.2) is 14.6 Å². The number of hydrogen-bond acceptors (Lipinski definition) is 8. The predicted octanol–water partition coefficient (Wildman–Crippen LogP) is 2.32. The van der Waals surface area contributed by atoms with E-state index in [9.17, 15) is 10.4 Å². The van der Waals surface area contributed by atoms with Crippen LogP contribution in [-0.4, -0.2) is 49.7 Å². The number of fused-ring (bicyclic) bond motifs is 1. The Kier molecular flexibility index (Phi) is 5.59. The fourth-order valence-corrected chi connectivity index (χ4v) is 3.80. The van der Waals surface area contributed by atoms with Gasteiger partial charge in [-0.15, -0.1) is 0 Å². The molecule has 4 N–H and O–H groups in total. The molecule has 1 unspecified atom stereocenters. The van der Waals surface area contributed by atoms with Crippen molar-refractivity contribution in [1.82, 2.24) is 19.7 Å². The molecule has 1 aliphatic heterocycles. The molecule has 0 radical (unpaired) electrons. The fourth-order valence-electron chi connectivity index (χ4n) is 3.80. The van der Waals surface area contributed by atoms with Crippen LogP contribution in [0.5, 0.6) is 0 Å². The lowest BCUT2D eigenvalue weighted by atomic mass is 9.83. The zero-order valence-electron chi connectivity index (χ0n) is 17.6. The topological polar surface area (TPSA) is 132 Å². The summed E-state index contributed by atoms with van der Waals surface area (Å²) in [6.45, 7) is 5.10. The second-order valence-electron chi connectivity index (χ2n) is 7.99. The summed E-state index contributed by atoms with van der Waals surface area (Å²) in [5.41, 5.74) is 4.06. The average Bonchev–Trinajstić information content (AvgIpc) is 3.31. The molecule has 0 saturated heterocycles. The molecule has 3 aromatic rings. The van der Waals surface area contributed by atoms with Crippen LogP contribution in [0.25, 0.3) is 11.3 Å². The molecule has 2 aromatic heterocycles. The summed E-state index contributed by atoms with van der Waals surface area (Å²) in [5.74, 6) is 1.15. The van der Waals surface area contributed by atoms with Gasteiger partial charge in [0.15, 0.2) is 0 Å². The number of benzene rings is 1. The Labute approximate surface area is 180 Å². The molecule has 0 amide bonds. The van der Waals surface area contributed by atoms with E-state index in [2.05, 4.69) is 31.8 Å². The summed E-state index contributed by atoms with van der Waals surface area (Å²) in [6.07, 6.45) is 2.26. The minimum Gasteiger partial charge on any atom is -0.396 e. The van der Waals surface area contributed by atoms with Crippen molar-refractivity contribution in [3.8, 4) is 17.3 Å². The Bertz CT molecular complexity index is 1150. The molecule has 0 aliphatic carbocycles. The third-order valence-electron chi connectivity index (χ3n) is 5.53. The average molecular weight is 419 g/mol. The molecule has 9 nitrogen and oxygen atoms in total. The Hall–Kier alpha value is -3.48. The molecule has 1 atom stereocenters. The van der Waals surface area contributed by atoms with Crippen molar-refractivity contribution >= 4 is 17.5 Å². The Balaban J connectivity index is 1.69. The molecule has 1 aromatic carbocycles. The summed E-state index contributed by atoms with van der Waals surface area (Å²) in [6, 6.07) is 9.72.